The first-order chi connectivity index (χ1) is 12.1. The molecule has 0 bridgehead atoms. The number of benzene rings is 2. The Morgan fingerprint density at radius 2 is 1.88 bits per heavy atom. The summed E-state index contributed by atoms with van der Waals surface area (Å²) in [5, 5.41) is 2.94. The Hall–Kier alpha value is -2.82. The van der Waals surface area contributed by atoms with E-state index in [1.54, 1.807) is 11.8 Å². The van der Waals surface area contributed by atoms with Crippen LogP contribution in [0, 0.1) is 0 Å². The number of aryl methyl sites for hydroxylation is 1. The van der Waals surface area contributed by atoms with Gasteiger partial charge in [0, 0.05) is 18.7 Å². The van der Waals surface area contributed by atoms with Crippen LogP contribution < -0.4 is 15.0 Å². The fourth-order valence-corrected chi connectivity index (χ4v) is 2.97. The minimum atomic E-state index is -0.543. The van der Waals surface area contributed by atoms with Crippen LogP contribution in [0.2, 0.25) is 0 Å². The number of nitrogens with zero attached hydrogens (tertiary/aromatic N) is 1. The molecule has 0 spiro atoms. The number of anilines is 2. The van der Waals surface area contributed by atoms with E-state index in [9.17, 15) is 9.59 Å². The third kappa shape index (κ3) is 3.65. The second kappa shape index (κ2) is 7.38. The van der Waals surface area contributed by atoms with Crippen molar-refractivity contribution in [3.8, 4) is 5.75 Å². The molecule has 1 N–H and O–H groups in total. The first-order valence-electron chi connectivity index (χ1n) is 8.55. The quantitative estimate of drug-likeness (QED) is 0.909. The van der Waals surface area contributed by atoms with Crippen LogP contribution in [-0.4, -0.2) is 24.5 Å². The molecule has 2 aromatic carbocycles. The van der Waals surface area contributed by atoms with Gasteiger partial charge in [0.15, 0.2) is 6.10 Å². The molecule has 0 radical (unpaired) electrons. The van der Waals surface area contributed by atoms with E-state index >= 15 is 0 Å². The first kappa shape index (κ1) is 17.0. The molecule has 0 saturated heterocycles. The van der Waals surface area contributed by atoms with Crippen LogP contribution in [-0.2, 0) is 16.0 Å². The Bertz CT molecular complexity index is 788. The van der Waals surface area contributed by atoms with Gasteiger partial charge in [-0.1, -0.05) is 37.3 Å². The van der Waals surface area contributed by atoms with E-state index in [1.165, 1.54) is 0 Å². The van der Waals surface area contributed by atoms with Gasteiger partial charge in [0.25, 0.3) is 5.91 Å². The van der Waals surface area contributed by atoms with E-state index in [4.69, 9.17) is 4.74 Å². The van der Waals surface area contributed by atoms with E-state index in [-0.39, 0.29) is 18.2 Å². The highest BCUT2D eigenvalue weighted by Gasteiger charge is 2.31. The summed E-state index contributed by atoms with van der Waals surface area (Å²) in [5.74, 6) is 0.442. The lowest BCUT2D eigenvalue weighted by molar-refractivity contribution is -0.125. The Labute approximate surface area is 147 Å². The lowest BCUT2D eigenvalue weighted by Crippen LogP contribution is -2.45. The molecule has 2 amide bonds. The van der Waals surface area contributed by atoms with Crippen LogP contribution in [0.15, 0.2) is 48.5 Å². The molecule has 5 nitrogen and oxygen atoms in total. The summed E-state index contributed by atoms with van der Waals surface area (Å²) in [6.07, 6.45) is 0.535. The maximum atomic E-state index is 12.4. The second-order valence-corrected chi connectivity index (χ2v) is 6.03. The van der Waals surface area contributed by atoms with Crippen molar-refractivity contribution >= 4 is 23.2 Å². The van der Waals surface area contributed by atoms with Crippen LogP contribution in [0.5, 0.6) is 5.75 Å². The molecular formula is C20H22N2O3. The van der Waals surface area contributed by atoms with Gasteiger partial charge in [-0.3, -0.25) is 9.59 Å². The number of fused-ring (bicyclic) bond motifs is 1. The largest absolute Gasteiger partial charge is 0.479 e. The van der Waals surface area contributed by atoms with Crippen molar-refractivity contribution in [2.24, 2.45) is 0 Å². The zero-order valence-corrected chi connectivity index (χ0v) is 14.5. The number of amides is 2. The standard InChI is InChI=1S/C20H22N2O3/c1-3-15-8-4-5-9-16(15)21-19(23)12-13-22-17-10-6-7-11-18(17)25-14(2)20(22)24/h4-11,14H,3,12-13H2,1-2H3,(H,21,23). The summed E-state index contributed by atoms with van der Waals surface area (Å²) >= 11 is 0. The number of nitrogens with one attached hydrogen (secondary N) is 1. The lowest BCUT2D eigenvalue weighted by atomic mass is 10.1. The molecule has 1 aliphatic rings. The molecule has 1 heterocycles. The Balaban J connectivity index is 1.68. The zero-order valence-electron chi connectivity index (χ0n) is 14.5. The van der Waals surface area contributed by atoms with Crippen LogP contribution in [0.25, 0.3) is 0 Å². The van der Waals surface area contributed by atoms with E-state index < -0.39 is 6.10 Å². The van der Waals surface area contributed by atoms with Gasteiger partial charge in [0.1, 0.15) is 5.75 Å². The maximum absolute atomic E-state index is 12.4. The zero-order chi connectivity index (χ0) is 17.8. The summed E-state index contributed by atoms with van der Waals surface area (Å²) < 4.78 is 5.62. The number of hydrogen-bond acceptors (Lipinski definition) is 3. The van der Waals surface area contributed by atoms with Crippen molar-refractivity contribution in [1.82, 2.24) is 0 Å². The highest BCUT2D eigenvalue weighted by molar-refractivity contribution is 6.00. The van der Waals surface area contributed by atoms with Crippen molar-refractivity contribution in [2.75, 3.05) is 16.8 Å². The Kier molecular flexibility index (Phi) is 5.03. The summed E-state index contributed by atoms with van der Waals surface area (Å²) in [7, 11) is 0. The van der Waals surface area contributed by atoms with Gasteiger partial charge >= 0.3 is 0 Å². The molecule has 2 aromatic rings. The normalized spacial score (nSPS) is 16.2. The van der Waals surface area contributed by atoms with Gasteiger partial charge < -0.3 is 15.0 Å². The average molecular weight is 338 g/mol. The lowest BCUT2D eigenvalue weighted by Gasteiger charge is -2.32. The molecule has 1 aliphatic heterocycles. The van der Waals surface area contributed by atoms with Crippen molar-refractivity contribution in [2.45, 2.75) is 32.8 Å². The Morgan fingerprint density at radius 3 is 2.68 bits per heavy atom. The molecule has 0 aliphatic carbocycles. The topological polar surface area (TPSA) is 58.6 Å². The van der Waals surface area contributed by atoms with E-state index in [1.807, 2.05) is 48.5 Å². The summed E-state index contributed by atoms with van der Waals surface area (Å²) in [4.78, 5) is 26.4. The van der Waals surface area contributed by atoms with Crippen LogP contribution in [0.4, 0.5) is 11.4 Å². The molecule has 3 rings (SSSR count). The third-order valence-electron chi connectivity index (χ3n) is 4.31. The third-order valence-corrected chi connectivity index (χ3v) is 4.31. The number of para-hydroxylation sites is 3. The fraction of sp³-hybridized carbons (Fsp3) is 0.300. The molecule has 0 aromatic heterocycles. The summed E-state index contributed by atoms with van der Waals surface area (Å²) in [6.45, 7) is 4.10. The fourth-order valence-electron chi connectivity index (χ4n) is 2.97. The number of ether oxygens (including phenoxy) is 1. The molecular weight excluding hydrogens is 316 g/mol. The Morgan fingerprint density at radius 1 is 1.16 bits per heavy atom. The van der Waals surface area contributed by atoms with Gasteiger partial charge in [-0.05, 0) is 37.1 Å². The van der Waals surface area contributed by atoms with Crippen molar-refractivity contribution in [3.63, 3.8) is 0 Å². The molecule has 0 saturated carbocycles. The minimum Gasteiger partial charge on any atom is -0.479 e. The minimum absolute atomic E-state index is 0.106. The summed E-state index contributed by atoms with van der Waals surface area (Å²) in [6, 6.07) is 15.2. The summed E-state index contributed by atoms with van der Waals surface area (Å²) in [5.41, 5.74) is 2.64. The van der Waals surface area contributed by atoms with Gasteiger partial charge in [0.05, 0.1) is 5.69 Å². The monoisotopic (exact) mass is 338 g/mol. The van der Waals surface area contributed by atoms with Gasteiger partial charge in [-0.2, -0.15) is 0 Å². The highest BCUT2D eigenvalue weighted by Crippen LogP contribution is 2.33. The van der Waals surface area contributed by atoms with E-state index in [0.29, 0.717) is 18.0 Å². The number of hydrogen-bond donors (Lipinski definition) is 1. The molecule has 25 heavy (non-hydrogen) atoms. The van der Waals surface area contributed by atoms with Crippen LogP contribution in [0.3, 0.4) is 0 Å². The van der Waals surface area contributed by atoms with E-state index in [2.05, 4.69) is 12.2 Å². The second-order valence-electron chi connectivity index (χ2n) is 6.03. The molecule has 5 heteroatoms. The van der Waals surface area contributed by atoms with Gasteiger partial charge in [-0.15, -0.1) is 0 Å². The smallest absolute Gasteiger partial charge is 0.267 e. The maximum Gasteiger partial charge on any atom is 0.267 e. The molecule has 0 fully saturated rings. The van der Waals surface area contributed by atoms with Crippen molar-refractivity contribution < 1.29 is 14.3 Å². The number of carbonyl (C=O) groups is 2. The predicted molar refractivity (Wildman–Crippen MR) is 98.0 cm³/mol. The van der Waals surface area contributed by atoms with Crippen molar-refractivity contribution in [3.05, 3.63) is 54.1 Å². The molecule has 1 unspecified atom stereocenters. The van der Waals surface area contributed by atoms with Crippen LogP contribution in [0.1, 0.15) is 25.8 Å². The average Bonchev–Trinajstić information content (AvgIpc) is 2.62. The predicted octanol–water partition coefficient (Wildman–Crippen LogP) is 3.39. The van der Waals surface area contributed by atoms with Gasteiger partial charge in [-0.25, -0.2) is 0 Å². The van der Waals surface area contributed by atoms with Crippen molar-refractivity contribution in [1.29, 1.82) is 0 Å². The SMILES string of the molecule is CCc1ccccc1NC(=O)CCN1C(=O)C(C)Oc2ccccc21. The number of rotatable bonds is 5. The first-order valence-corrected chi connectivity index (χ1v) is 8.55. The molecule has 1 atom stereocenters. The van der Waals surface area contributed by atoms with Gasteiger partial charge in [0.2, 0.25) is 5.91 Å². The van der Waals surface area contributed by atoms with E-state index in [0.717, 1.165) is 17.7 Å². The molecule has 130 valence electrons. The highest BCUT2D eigenvalue weighted by atomic mass is 16.5. The number of carbonyl (C=O) groups excluding carboxylic acids is 2. The van der Waals surface area contributed by atoms with Crippen LogP contribution >= 0.6 is 0 Å².